The van der Waals surface area contributed by atoms with Crippen LogP contribution in [0.4, 0.5) is 5.13 Å². The summed E-state index contributed by atoms with van der Waals surface area (Å²) in [7, 11) is 0. The van der Waals surface area contributed by atoms with Crippen LogP contribution in [0.5, 0.6) is 11.5 Å². The zero-order valence-electron chi connectivity index (χ0n) is 16.0. The van der Waals surface area contributed by atoms with Crippen LogP contribution in [0.1, 0.15) is 23.1 Å². The Morgan fingerprint density at radius 2 is 2.14 bits per heavy atom. The quantitative estimate of drug-likeness (QED) is 0.677. The van der Waals surface area contributed by atoms with Crippen molar-refractivity contribution < 1.29 is 14.3 Å². The lowest BCUT2D eigenvalue weighted by atomic mass is 10.0. The predicted octanol–water partition coefficient (Wildman–Crippen LogP) is 4.77. The fraction of sp³-hybridized carbons (Fsp3) is 0.273. The highest BCUT2D eigenvalue weighted by molar-refractivity contribution is 7.14. The minimum absolute atomic E-state index is 0.0722. The molecule has 0 spiro atoms. The second kappa shape index (κ2) is 8.02. The monoisotopic (exact) mass is 394 g/mol. The van der Waals surface area contributed by atoms with Gasteiger partial charge in [0.1, 0.15) is 11.5 Å². The van der Waals surface area contributed by atoms with Gasteiger partial charge in [0, 0.05) is 17.0 Å². The van der Waals surface area contributed by atoms with Gasteiger partial charge in [0.05, 0.1) is 12.3 Å². The molecular formula is C22H22N2O3S. The molecule has 0 atom stereocenters. The van der Waals surface area contributed by atoms with Gasteiger partial charge in [-0.05, 0) is 49.9 Å². The molecule has 28 heavy (non-hydrogen) atoms. The van der Waals surface area contributed by atoms with Gasteiger partial charge in [-0.1, -0.05) is 23.8 Å². The molecule has 3 aromatic rings. The summed E-state index contributed by atoms with van der Waals surface area (Å²) in [5, 5.41) is 5.34. The fourth-order valence-corrected chi connectivity index (χ4v) is 3.91. The molecule has 0 radical (unpaired) electrons. The number of rotatable bonds is 5. The largest absolute Gasteiger partial charge is 0.493 e. The Hall–Kier alpha value is -2.86. The van der Waals surface area contributed by atoms with Crippen LogP contribution in [0.25, 0.3) is 11.3 Å². The van der Waals surface area contributed by atoms with Crippen LogP contribution in [0, 0.1) is 13.8 Å². The Labute approximate surface area is 168 Å². The number of hydrogen-bond donors (Lipinski definition) is 1. The molecule has 0 aliphatic carbocycles. The Kier molecular flexibility index (Phi) is 5.30. The number of aromatic nitrogens is 1. The molecule has 0 bridgehead atoms. The van der Waals surface area contributed by atoms with Crippen molar-refractivity contribution >= 4 is 22.4 Å². The summed E-state index contributed by atoms with van der Waals surface area (Å²) < 4.78 is 11.3. The number of benzene rings is 2. The number of nitrogens with one attached hydrogen (secondary N) is 1. The lowest BCUT2D eigenvalue weighted by Crippen LogP contribution is -2.20. The Morgan fingerprint density at radius 1 is 1.25 bits per heavy atom. The van der Waals surface area contributed by atoms with E-state index in [9.17, 15) is 4.79 Å². The maximum atomic E-state index is 12.2. The highest BCUT2D eigenvalue weighted by Gasteiger charge is 2.13. The van der Waals surface area contributed by atoms with Crippen LogP contribution < -0.4 is 14.8 Å². The number of carbonyl (C=O) groups is 1. The van der Waals surface area contributed by atoms with Crippen LogP contribution in [-0.2, 0) is 11.2 Å². The highest BCUT2D eigenvalue weighted by atomic mass is 32.1. The first-order valence-corrected chi connectivity index (χ1v) is 10.2. The zero-order valence-corrected chi connectivity index (χ0v) is 16.8. The number of amides is 1. The van der Waals surface area contributed by atoms with Crippen molar-refractivity contribution in [2.24, 2.45) is 0 Å². The molecule has 1 aliphatic heterocycles. The number of fused-ring (bicyclic) bond motifs is 1. The van der Waals surface area contributed by atoms with Crippen LogP contribution in [0.2, 0.25) is 0 Å². The van der Waals surface area contributed by atoms with Gasteiger partial charge in [-0.15, -0.1) is 11.3 Å². The zero-order chi connectivity index (χ0) is 19.5. The summed E-state index contributed by atoms with van der Waals surface area (Å²) in [4.78, 5) is 16.8. The third kappa shape index (κ3) is 4.17. The van der Waals surface area contributed by atoms with E-state index in [-0.39, 0.29) is 12.5 Å². The van der Waals surface area contributed by atoms with Gasteiger partial charge in [0.25, 0.3) is 5.91 Å². The molecule has 144 valence electrons. The van der Waals surface area contributed by atoms with Crippen molar-refractivity contribution in [3.8, 4) is 22.8 Å². The number of ether oxygens (including phenoxy) is 2. The average molecular weight is 394 g/mol. The summed E-state index contributed by atoms with van der Waals surface area (Å²) >= 11 is 1.41. The Balaban J connectivity index is 1.37. The van der Waals surface area contributed by atoms with Crippen molar-refractivity contribution in [3.05, 3.63) is 58.5 Å². The molecule has 1 N–H and O–H groups in total. The van der Waals surface area contributed by atoms with Crippen molar-refractivity contribution in [2.45, 2.75) is 26.7 Å². The maximum Gasteiger partial charge on any atom is 0.264 e. The Bertz CT molecular complexity index is 1010. The molecule has 5 nitrogen and oxygen atoms in total. The molecule has 6 heteroatoms. The number of hydrogen-bond acceptors (Lipinski definition) is 5. The highest BCUT2D eigenvalue weighted by Crippen LogP contribution is 2.30. The molecule has 4 rings (SSSR count). The number of nitrogens with zero attached hydrogens (tertiary/aromatic N) is 1. The van der Waals surface area contributed by atoms with Crippen molar-refractivity contribution in [1.82, 2.24) is 4.98 Å². The molecule has 1 aliphatic rings. The SMILES string of the molecule is Cc1ccc(C)c(-c2csc(NC(=O)COc3ccc4c(c3)OCCC4)n2)c1. The van der Waals surface area contributed by atoms with Gasteiger partial charge in [0.2, 0.25) is 0 Å². The fourth-order valence-electron chi connectivity index (χ4n) is 3.18. The molecular weight excluding hydrogens is 372 g/mol. The third-order valence-electron chi connectivity index (χ3n) is 4.68. The number of carbonyl (C=O) groups excluding carboxylic acids is 1. The van der Waals surface area contributed by atoms with Crippen molar-refractivity contribution in [2.75, 3.05) is 18.5 Å². The van der Waals surface area contributed by atoms with E-state index in [0.717, 1.165) is 42.0 Å². The van der Waals surface area contributed by atoms with E-state index in [4.69, 9.17) is 9.47 Å². The van der Waals surface area contributed by atoms with Gasteiger partial charge in [-0.25, -0.2) is 4.98 Å². The molecule has 0 unspecified atom stereocenters. The van der Waals surface area contributed by atoms with E-state index in [1.165, 1.54) is 22.5 Å². The lowest BCUT2D eigenvalue weighted by molar-refractivity contribution is -0.118. The topological polar surface area (TPSA) is 60.5 Å². The summed E-state index contributed by atoms with van der Waals surface area (Å²) in [6, 6.07) is 12.0. The molecule has 1 aromatic heterocycles. The number of thiazole rings is 1. The second-order valence-corrected chi connectivity index (χ2v) is 7.77. The van der Waals surface area contributed by atoms with Crippen LogP contribution in [-0.4, -0.2) is 24.1 Å². The molecule has 2 aromatic carbocycles. The summed E-state index contributed by atoms with van der Waals surface area (Å²) in [6.07, 6.45) is 2.05. The van der Waals surface area contributed by atoms with E-state index >= 15 is 0 Å². The van der Waals surface area contributed by atoms with E-state index in [1.807, 2.05) is 23.6 Å². The summed E-state index contributed by atoms with van der Waals surface area (Å²) in [6.45, 7) is 4.77. The van der Waals surface area contributed by atoms with Crippen molar-refractivity contribution in [3.63, 3.8) is 0 Å². The third-order valence-corrected chi connectivity index (χ3v) is 5.43. The van der Waals surface area contributed by atoms with Gasteiger partial charge in [-0.3, -0.25) is 10.1 Å². The smallest absolute Gasteiger partial charge is 0.264 e. The van der Waals surface area contributed by atoms with Gasteiger partial charge >= 0.3 is 0 Å². The van der Waals surface area contributed by atoms with E-state index in [1.54, 1.807) is 0 Å². The second-order valence-electron chi connectivity index (χ2n) is 6.91. The standard InChI is InChI=1S/C22H22N2O3S/c1-14-5-6-15(2)18(10-14)19-13-28-22(23-19)24-21(25)12-27-17-8-7-16-4-3-9-26-20(16)11-17/h5-8,10-11,13H,3-4,9,12H2,1-2H3,(H,23,24,25). The lowest BCUT2D eigenvalue weighted by Gasteiger charge is -2.17. The molecule has 0 saturated carbocycles. The van der Waals surface area contributed by atoms with Gasteiger partial charge in [0.15, 0.2) is 11.7 Å². The summed E-state index contributed by atoms with van der Waals surface area (Å²) in [5.74, 6) is 1.24. The first kappa shape index (κ1) is 18.5. The average Bonchev–Trinajstić information content (AvgIpc) is 3.16. The minimum atomic E-state index is -0.236. The number of aryl methyl sites for hydroxylation is 3. The normalized spacial score (nSPS) is 12.8. The van der Waals surface area contributed by atoms with Crippen LogP contribution >= 0.6 is 11.3 Å². The first-order valence-electron chi connectivity index (χ1n) is 9.30. The number of anilines is 1. The first-order chi connectivity index (χ1) is 13.6. The van der Waals surface area contributed by atoms with E-state index in [0.29, 0.717) is 10.9 Å². The van der Waals surface area contributed by atoms with Crippen molar-refractivity contribution in [1.29, 1.82) is 0 Å². The molecule has 0 saturated heterocycles. The van der Waals surface area contributed by atoms with E-state index in [2.05, 4.69) is 42.3 Å². The predicted molar refractivity (Wildman–Crippen MR) is 111 cm³/mol. The van der Waals surface area contributed by atoms with Gasteiger partial charge in [-0.2, -0.15) is 0 Å². The van der Waals surface area contributed by atoms with E-state index < -0.39 is 0 Å². The van der Waals surface area contributed by atoms with Crippen LogP contribution in [0.3, 0.4) is 0 Å². The molecule has 2 heterocycles. The Morgan fingerprint density at radius 3 is 3.04 bits per heavy atom. The minimum Gasteiger partial charge on any atom is -0.493 e. The van der Waals surface area contributed by atoms with Gasteiger partial charge < -0.3 is 9.47 Å². The maximum absolute atomic E-state index is 12.2. The molecule has 1 amide bonds. The molecule has 0 fully saturated rings. The summed E-state index contributed by atoms with van der Waals surface area (Å²) in [5.41, 5.74) is 5.48. The van der Waals surface area contributed by atoms with Crippen LogP contribution in [0.15, 0.2) is 41.8 Å².